The molecule has 7 nitrogen and oxygen atoms in total. The second kappa shape index (κ2) is 6.71. The minimum absolute atomic E-state index is 0.0378. The van der Waals surface area contributed by atoms with E-state index in [1.807, 2.05) is 6.07 Å². The summed E-state index contributed by atoms with van der Waals surface area (Å²) in [5, 5.41) is 14.1. The molecule has 3 aromatic rings. The summed E-state index contributed by atoms with van der Waals surface area (Å²) >= 11 is 1.72. The molecule has 0 aliphatic rings. The molecule has 3 N–H and O–H groups in total. The fourth-order valence-corrected chi connectivity index (χ4v) is 2.93. The quantitative estimate of drug-likeness (QED) is 0.608. The molecule has 0 fully saturated rings. The van der Waals surface area contributed by atoms with Crippen molar-refractivity contribution in [3.63, 3.8) is 0 Å². The number of hydrogen-bond donors (Lipinski definition) is 3. The van der Waals surface area contributed by atoms with Gasteiger partial charge in [-0.3, -0.25) is 4.57 Å². The number of aromatic amines is 1. The highest BCUT2D eigenvalue weighted by atomic mass is 32.1. The molecule has 0 spiro atoms. The number of nitrogens with one attached hydrogen (secondary N) is 2. The molecule has 3 aromatic heterocycles. The standard InChI is InChI=1S/C14H17N5O2S/c20-7-2-6-19-12-11(17-14(19)21)9-16-13(18-12)15-5-4-10-3-1-8-22-10/h1,3,8-9,20H,2,4-7H2,(H,17,21)(H,15,16,18). The molecule has 0 amide bonds. The van der Waals surface area contributed by atoms with Crippen LogP contribution in [0, 0.1) is 0 Å². The number of thiophene rings is 1. The highest BCUT2D eigenvalue weighted by Crippen LogP contribution is 2.11. The van der Waals surface area contributed by atoms with E-state index in [2.05, 4.69) is 31.7 Å². The van der Waals surface area contributed by atoms with Gasteiger partial charge in [0, 0.05) is 24.6 Å². The second-order valence-electron chi connectivity index (χ2n) is 4.85. The van der Waals surface area contributed by atoms with E-state index in [1.165, 1.54) is 9.44 Å². The van der Waals surface area contributed by atoms with Crippen molar-refractivity contribution >= 4 is 28.4 Å². The summed E-state index contributed by atoms with van der Waals surface area (Å²) in [6, 6.07) is 4.12. The smallest absolute Gasteiger partial charge is 0.327 e. The molecular formula is C14H17N5O2S. The maximum absolute atomic E-state index is 11.9. The Kier molecular flexibility index (Phi) is 4.50. The Bertz CT molecular complexity index is 793. The summed E-state index contributed by atoms with van der Waals surface area (Å²) in [5.41, 5.74) is 0.937. The molecule has 8 heteroatoms. The summed E-state index contributed by atoms with van der Waals surface area (Å²) in [4.78, 5) is 24.5. The zero-order valence-corrected chi connectivity index (χ0v) is 12.8. The lowest BCUT2D eigenvalue weighted by atomic mass is 10.3. The van der Waals surface area contributed by atoms with Crippen LogP contribution in [0.1, 0.15) is 11.3 Å². The number of aliphatic hydroxyl groups excluding tert-OH is 1. The largest absolute Gasteiger partial charge is 0.396 e. The fraction of sp³-hybridized carbons (Fsp3) is 0.357. The van der Waals surface area contributed by atoms with Crippen LogP contribution in [-0.2, 0) is 13.0 Å². The summed E-state index contributed by atoms with van der Waals surface area (Å²) in [6.45, 7) is 1.20. The average molecular weight is 319 g/mol. The third-order valence-electron chi connectivity index (χ3n) is 3.29. The monoisotopic (exact) mass is 319 g/mol. The van der Waals surface area contributed by atoms with Crippen LogP contribution >= 0.6 is 11.3 Å². The maximum atomic E-state index is 11.9. The van der Waals surface area contributed by atoms with Gasteiger partial charge in [0.1, 0.15) is 5.52 Å². The minimum atomic E-state index is -0.228. The molecule has 3 heterocycles. The van der Waals surface area contributed by atoms with Crippen LogP contribution in [-0.4, -0.2) is 37.8 Å². The molecule has 0 aromatic carbocycles. The van der Waals surface area contributed by atoms with Crippen molar-refractivity contribution in [1.29, 1.82) is 0 Å². The number of aliphatic hydroxyl groups is 1. The molecule has 116 valence electrons. The first-order chi connectivity index (χ1) is 10.8. The van der Waals surface area contributed by atoms with Gasteiger partial charge in [0.25, 0.3) is 0 Å². The highest BCUT2D eigenvalue weighted by molar-refractivity contribution is 7.09. The fourth-order valence-electron chi connectivity index (χ4n) is 2.22. The average Bonchev–Trinajstić information content (AvgIpc) is 3.13. The van der Waals surface area contributed by atoms with E-state index < -0.39 is 0 Å². The Hall–Kier alpha value is -2.19. The number of hydrogen-bond acceptors (Lipinski definition) is 6. The van der Waals surface area contributed by atoms with Crippen molar-refractivity contribution in [2.75, 3.05) is 18.5 Å². The van der Waals surface area contributed by atoms with Crippen LogP contribution in [0.25, 0.3) is 11.2 Å². The Morgan fingerprint density at radius 2 is 2.36 bits per heavy atom. The molecule has 0 saturated heterocycles. The summed E-state index contributed by atoms with van der Waals surface area (Å²) in [5.74, 6) is 0.501. The van der Waals surface area contributed by atoms with Gasteiger partial charge in [0.2, 0.25) is 5.95 Å². The van der Waals surface area contributed by atoms with Crippen molar-refractivity contribution in [1.82, 2.24) is 19.5 Å². The first-order valence-corrected chi connectivity index (χ1v) is 7.98. The summed E-state index contributed by atoms with van der Waals surface area (Å²) < 4.78 is 1.53. The van der Waals surface area contributed by atoms with E-state index in [0.717, 1.165) is 13.0 Å². The molecule has 0 saturated carbocycles. The SMILES string of the molecule is O=c1[nH]c2cnc(NCCc3cccs3)nc2n1CCCO. The molecule has 22 heavy (non-hydrogen) atoms. The minimum Gasteiger partial charge on any atom is -0.396 e. The first-order valence-electron chi connectivity index (χ1n) is 7.10. The van der Waals surface area contributed by atoms with Crippen LogP contribution in [0.2, 0.25) is 0 Å². The van der Waals surface area contributed by atoms with Gasteiger partial charge in [-0.2, -0.15) is 4.98 Å². The molecule has 0 aliphatic carbocycles. The molecular weight excluding hydrogens is 302 g/mol. The number of fused-ring (bicyclic) bond motifs is 1. The Morgan fingerprint density at radius 1 is 1.45 bits per heavy atom. The second-order valence-corrected chi connectivity index (χ2v) is 5.88. The number of rotatable bonds is 7. The van der Waals surface area contributed by atoms with E-state index in [0.29, 0.717) is 30.1 Å². The molecule has 0 bridgehead atoms. The maximum Gasteiger partial charge on any atom is 0.327 e. The van der Waals surface area contributed by atoms with E-state index in [4.69, 9.17) is 5.11 Å². The van der Waals surface area contributed by atoms with Gasteiger partial charge in [-0.25, -0.2) is 9.78 Å². The van der Waals surface area contributed by atoms with Gasteiger partial charge >= 0.3 is 5.69 Å². The lowest BCUT2D eigenvalue weighted by Crippen LogP contribution is -2.18. The van der Waals surface area contributed by atoms with Gasteiger partial charge in [-0.15, -0.1) is 11.3 Å². The third kappa shape index (κ3) is 3.18. The highest BCUT2D eigenvalue weighted by Gasteiger charge is 2.09. The zero-order valence-electron chi connectivity index (χ0n) is 12.0. The number of anilines is 1. The lowest BCUT2D eigenvalue weighted by Gasteiger charge is -2.05. The first kappa shape index (κ1) is 14.7. The third-order valence-corrected chi connectivity index (χ3v) is 4.22. The van der Waals surface area contributed by atoms with Gasteiger partial charge in [0.15, 0.2) is 5.65 Å². The van der Waals surface area contributed by atoms with Crippen LogP contribution in [0.15, 0.2) is 28.5 Å². The van der Waals surface area contributed by atoms with Gasteiger partial charge in [0.05, 0.1) is 6.20 Å². The number of H-pyrrole nitrogens is 1. The summed E-state index contributed by atoms with van der Waals surface area (Å²) in [7, 11) is 0. The topological polar surface area (TPSA) is 95.8 Å². The van der Waals surface area contributed by atoms with Crippen molar-refractivity contribution in [3.05, 3.63) is 39.1 Å². The Balaban J connectivity index is 1.74. The van der Waals surface area contributed by atoms with Crippen LogP contribution in [0.3, 0.4) is 0 Å². The Morgan fingerprint density at radius 3 is 3.14 bits per heavy atom. The molecule has 0 unspecified atom stereocenters. The molecule has 3 rings (SSSR count). The summed E-state index contributed by atoms with van der Waals surface area (Å²) in [6.07, 6.45) is 3.02. The lowest BCUT2D eigenvalue weighted by molar-refractivity contribution is 0.280. The van der Waals surface area contributed by atoms with E-state index in [-0.39, 0.29) is 12.3 Å². The van der Waals surface area contributed by atoms with Crippen molar-refractivity contribution in [2.24, 2.45) is 0 Å². The predicted octanol–water partition coefficient (Wildman–Crippen LogP) is 1.22. The van der Waals surface area contributed by atoms with E-state index in [9.17, 15) is 4.79 Å². The van der Waals surface area contributed by atoms with Crippen LogP contribution in [0.4, 0.5) is 5.95 Å². The molecule has 0 aliphatic heterocycles. The van der Waals surface area contributed by atoms with Crippen LogP contribution < -0.4 is 11.0 Å². The van der Waals surface area contributed by atoms with Crippen LogP contribution in [0.5, 0.6) is 0 Å². The zero-order chi connectivity index (χ0) is 15.4. The Labute approximate surface area is 130 Å². The number of aryl methyl sites for hydroxylation is 1. The van der Waals surface area contributed by atoms with Gasteiger partial charge in [-0.1, -0.05) is 6.07 Å². The van der Waals surface area contributed by atoms with E-state index >= 15 is 0 Å². The van der Waals surface area contributed by atoms with E-state index in [1.54, 1.807) is 17.5 Å². The molecule has 0 radical (unpaired) electrons. The normalized spacial score (nSPS) is 11.1. The van der Waals surface area contributed by atoms with Gasteiger partial charge in [-0.05, 0) is 24.3 Å². The van der Waals surface area contributed by atoms with Crippen molar-refractivity contribution in [3.8, 4) is 0 Å². The van der Waals surface area contributed by atoms with Crippen molar-refractivity contribution < 1.29 is 5.11 Å². The number of nitrogens with zero attached hydrogens (tertiary/aromatic N) is 3. The number of aromatic nitrogens is 4. The number of imidazole rings is 1. The predicted molar refractivity (Wildman–Crippen MR) is 86.4 cm³/mol. The molecule has 0 atom stereocenters. The van der Waals surface area contributed by atoms with Crippen molar-refractivity contribution in [2.45, 2.75) is 19.4 Å². The van der Waals surface area contributed by atoms with Gasteiger partial charge < -0.3 is 15.4 Å².